The Morgan fingerprint density at radius 2 is 1.62 bits per heavy atom. The zero-order valence-corrected chi connectivity index (χ0v) is 17.4. The first-order valence-electron chi connectivity index (χ1n) is 8.34. The Balaban J connectivity index is 0.000000633. The van der Waals surface area contributed by atoms with E-state index in [1.807, 2.05) is 0 Å². The molecule has 0 atom stereocenters. The molecular weight excluding hydrogens is 492 g/mol. The lowest BCUT2D eigenvalue weighted by Gasteiger charge is -2.08. The minimum absolute atomic E-state index is 0.0286. The first-order chi connectivity index (χ1) is 14.7. The molecule has 0 aliphatic carbocycles. The molecule has 1 amide bonds. The fraction of sp³-hybridized carbons (Fsp3) is 0.375. The second kappa shape index (κ2) is 11.8. The fourth-order valence-electron chi connectivity index (χ4n) is 1.95. The molecule has 3 N–H and O–H groups in total. The van der Waals surface area contributed by atoms with Gasteiger partial charge in [0.15, 0.2) is 5.69 Å². The summed E-state index contributed by atoms with van der Waals surface area (Å²) in [4.78, 5) is 34.9. The minimum Gasteiger partial charge on any atom is -0.481 e. The Hall–Kier alpha value is -2.62. The van der Waals surface area contributed by atoms with Crippen molar-refractivity contribution in [2.24, 2.45) is 0 Å². The van der Waals surface area contributed by atoms with E-state index in [1.54, 1.807) is 0 Å². The molecule has 178 valence electrons. The predicted octanol–water partition coefficient (Wildman–Crippen LogP) is 3.57. The topological polar surface area (TPSA) is 121 Å². The third-order valence-electron chi connectivity index (χ3n) is 3.21. The Kier molecular flexibility index (Phi) is 10.1. The summed E-state index contributed by atoms with van der Waals surface area (Å²) in [5, 5.41) is 18.1. The SMILES string of the molecule is O=C(O)C(F)(F)F.O=C(O)CCSSCCNC(=O)c1c(C(F)(F)F)nc2ccccn12. The van der Waals surface area contributed by atoms with Crippen LogP contribution in [0.2, 0.25) is 0 Å². The number of amides is 1. The highest BCUT2D eigenvalue weighted by atomic mass is 33.1. The van der Waals surface area contributed by atoms with Crippen LogP contribution in [0, 0.1) is 0 Å². The number of aromatic nitrogens is 2. The molecule has 2 rings (SSSR count). The van der Waals surface area contributed by atoms with Crippen molar-refractivity contribution in [2.45, 2.75) is 18.8 Å². The van der Waals surface area contributed by atoms with Gasteiger partial charge in [0.2, 0.25) is 0 Å². The van der Waals surface area contributed by atoms with Crippen LogP contribution in [0.25, 0.3) is 5.65 Å². The molecule has 32 heavy (non-hydrogen) atoms. The number of nitrogens with one attached hydrogen (secondary N) is 1. The van der Waals surface area contributed by atoms with Crippen LogP contribution >= 0.6 is 21.6 Å². The molecule has 0 saturated heterocycles. The number of rotatable bonds is 8. The summed E-state index contributed by atoms with van der Waals surface area (Å²) in [6, 6.07) is 4.44. The number of nitrogens with zero attached hydrogens (tertiary/aromatic N) is 2. The Morgan fingerprint density at radius 1 is 1.03 bits per heavy atom. The van der Waals surface area contributed by atoms with E-state index >= 15 is 0 Å². The van der Waals surface area contributed by atoms with Gasteiger partial charge in [-0.1, -0.05) is 27.7 Å². The molecule has 0 spiro atoms. The van der Waals surface area contributed by atoms with E-state index in [2.05, 4.69) is 10.3 Å². The number of halogens is 6. The summed E-state index contributed by atoms with van der Waals surface area (Å²) >= 11 is 0. The molecule has 0 aliphatic heterocycles. The van der Waals surface area contributed by atoms with Crippen molar-refractivity contribution in [1.82, 2.24) is 14.7 Å². The largest absolute Gasteiger partial charge is 0.490 e. The van der Waals surface area contributed by atoms with Gasteiger partial charge in [-0.05, 0) is 12.1 Å². The lowest BCUT2D eigenvalue weighted by molar-refractivity contribution is -0.192. The standard InChI is InChI=1S/C14H14F3N3O3S2.C2HF3O2/c15-14(16,17)12-11(20-6-2-1-3-9(20)19-12)13(23)18-5-8-25-24-7-4-10(21)22;3-2(4,5)1(6)7/h1-3,6H,4-5,7-8H2,(H,18,23)(H,21,22);(H,6,7). The number of carboxylic acid groups (broad SMARTS) is 2. The van der Waals surface area contributed by atoms with Crippen LogP contribution in [0.1, 0.15) is 22.6 Å². The monoisotopic (exact) mass is 507 g/mol. The van der Waals surface area contributed by atoms with E-state index in [-0.39, 0.29) is 18.6 Å². The Labute approximate surface area is 183 Å². The van der Waals surface area contributed by atoms with Crippen molar-refractivity contribution >= 4 is 45.1 Å². The molecule has 2 aromatic rings. The molecule has 2 heterocycles. The van der Waals surface area contributed by atoms with E-state index < -0.39 is 41.6 Å². The zero-order valence-electron chi connectivity index (χ0n) is 15.7. The average Bonchev–Trinajstić information content (AvgIpc) is 3.07. The molecule has 2 aromatic heterocycles. The van der Waals surface area contributed by atoms with Crippen molar-refractivity contribution in [3.05, 3.63) is 35.8 Å². The molecule has 0 radical (unpaired) electrons. The summed E-state index contributed by atoms with van der Waals surface area (Å²) in [5.74, 6) is -3.66. The predicted molar refractivity (Wildman–Crippen MR) is 103 cm³/mol. The maximum Gasteiger partial charge on any atom is 0.490 e. The number of fused-ring (bicyclic) bond motifs is 1. The Bertz CT molecular complexity index is 948. The van der Waals surface area contributed by atoms with Crippen LogP contribution < -0.4 is 5.32 Å². The van der Waals surface area contributed by atoms with Gasteiger partial charge in [-0.15, -0.1) is 0 Å². The van der Waals surface area contributed by atoms with Gasteiger partial charge in [-0.2, -0.15) is 26.3 Å². The smallest absolute Gasteiger partial charge is 0.481 e. The molecule has 0 bridgehead atoms. The number of imidazole rings is 1. The summed E-state index contributed by atoms with van der Waals surface area (Å²) in [5.41, 5.74) is -1.73. The second-order valence-electron chi connectivity index (χ2n) is 5.58. The fourth-order valence-corrected chi connectivity index (χ4v) is 3.83. The second-order valence-corrected chi connectivity index (χ2v) is 8.28. The third kappa shape index (κ3) is 8.86. The molecule has 0 saturated carbocycles. The van der Waals surface area contributed by atoms with Crippen LogP contribution in [0.5, 0.6) is 0 Å². The quantitative estimate of drug-likeness (QED) is 0.282. The lowest BCUT2D eigenvalue weighted by atomic mass is 10.3. The molecule has 0 aromatic carbocycles. The van der Waals surface area contributed by atoms with Crippen molar-refractivity contribution < 1.29 is 50.9 Å². The van der Waals surface area contributed by atoms with Crippen LogP contribution in [-0.2, 0) is 15.8 Å². The van der Waals surface area contributed by atoms with E-state index in [0.29, 0.717) is 11.5 Å². The van der Waals surface area contributed by atoms with Gasteiger partial charge >= 0.3 is 24.3 Å². The van der Waals surface area contributed by atoms with Gasteiger partial charge in [0.1, 0.15) is 11.3 Å². The summed E-state index contributed by atoms with van der Waals surface area (Å²) < 4.78 is 72.2. The highest BCUT2D eigenvalue weighted by Gasteiger charge is 2.40. The molecule has 0 aliphatic rings. The van der Waals surface area contributed by atoms with Crippen molar-refractivity contribution in [3.63, 3.8) is 0 Å². The molecule has 8 nitrogen and oxygen atoms in total. The van der Waals surface area contributed by atoms with Gasteiger partial charge < -0.3 is 15.5 Å². The van der Waals surface area contributed by atoms with E-state index in [0.717, 1.165) is 4.40 Å². The average molecular weight is 507 g/mol. The van der Waals surface area contributed by atoms with Crippen molar-refractivity contribution in [2.75, 3.05) is 18.1 Å². The summed E-state index contributed by atoms with van der Waals surface area (Å²) in [6.07, 6.45) is -8.44. The number of alkyl halides is 6. The highest BCUT2D eigenvalue weighted by Crippen LogP contribution is 2.32. The number of hydrogen-bond acceptors (Lipinski definition) is 6. The normalized spacial score (nSPS) is 11.6. The lowest BCUT2D eigenvalue weighted by Crippen LogP contribution is -2.29. The third-order valence-corrected chi connectivity index (χ3v) is 5.62. The maximum atomic E-state index is 13.1. The highest BCUT2D eigenvalue weighted by molar-refractivity contribution is 8.76. The van der Waals surface area contributed by atoms with Gasteiger partial charge in [0.25, 0.3) is 5.91 Å². The number of carbonyl (C=O) groups excluding carboxylic acids is 1. The van der Waals surface area contributed by atoms with Crippen LogP contribution in [0.4, 0.5) is 26.3 Å². The first-order valence-corrected chi connectivity index (χ1v) is 10.8. The number of aliphatic carboxylic acids is 2. The summed E-state index contributed by atoms with van der Waals surface area (Å²) in [7, 11) is 2.67. The van der Waals surface area contributed by atoms with Gasteiger partial charge in [0.05, 0.1) is 6.42 Å². The number of carboxylic acids is 2. The molecule has 0 fully saturated rings. The van der Waals surface area contributed by atoms with Crippen molar-refractivity contribution in [1.29, 1.82) is 0 Å². The van der Waals surface area contributed by atoms with Crippen LogP contribution in [0.3, 0.4) is 0 Å². The van der Waals surface area contributed by atoms with E-state index in [1.165, 1.54) is 46.0 Å². The van der Waals surface area contributed by atoms with Gasteiger partial charge in [-0.3, -0.25) is 14.0 Å². The van der Waals surface area contributed by atoms with Crippen molar-refractivity contribution in [3.8, 4) is 0 Å². The number of carbonyl (C=O) groups is 3. The molecule has 0 unspecified atom stereocenters. The van der Waals surface area contributed by atoms with Gasteiger partial charge in [0, 0.05) is 24.2 Å². The Morgan fingerprint density at radius 3 is 2.16 bits per heavy atom. The van der Waals surface area contributed by atoms with Crippen LogP contribution in [0.15, 0.2) is 24.4 Å². The molecule has 16 heteroatoms. The van der Waals surface area contributed by atoms with Gasteiger partial charge in [-0.25, -0.2) is 9.78 Å². The molecular formula is C16H15F6N3O5S2. The van der Waals surface area contributed by atoms with Crippen LogP contribution in [-0.4, -0.2) is 61.7 Å². The van der Waals surface area contributed by atoms with E-state index in [4.69, 9.17) is 15.0 Å². The summed E-state index contributed by atoms with van der Waals surface area (Å²) in [6.45, 7) is 0.154. The minimum atomic E-state index is -5.08. The zero-order chi connectivity index (χ0) is 24.5. The number of hydrogen-bond donors (Lipinski definition) is 3. The number of pyridine rings is 1. The first kappa shape index (κ1) is 27.4. The maximum absolute atomic E-state index is 13.1. The van der Waals surface area contributed by atoms with E-state index in [9.17, 15) is 35.9 Å².